The summed E-state index contributed by atoms with van der Waals surface area (Å²) in [4.78, 5) is 41.2. The number of carbonyl (C=O) groups excluding carboxylic acids is 2. The normalized spacial score (nSPS) is 14.1. The second-order valence-electron chi connectivity index (χ2n) is 10.3. The van der Waals surface area contributed by atoms with Crippen LogP contribution < -0.4 is 9.80 Å². The minimum Gasteiger partial charge on any atom is -0.313 e. The molecule has 0 radical (unpaired) electrons. The molecule has 0 atom stereocenters. The SMILES string of the molecule is CCN1C(=O)C(C)(C)C(=O)N(C)c2cc(CN(CCc3cccnc3C)Cc3cccnc3C)ccc21.Cl.Cl.Cl. The van der Waals surface area contributed by atoms with E-state index >= 15 is 0 Å². The van der Waals surface area contributed by atoms with Crippen LogP contribution in [0.4, 0.5) is 11.4 Å². The molecule has 0 spiro atoms. The lowest BCUT2D eigenvalue weighted by Crippen LogP contribution is -2.47. The summed E-state index contributed by atoms with van der Waals surface area (Å²) in [6.45, 7) is 12.3. The summed E-state index contributed by atoms with van der Waals surface area (Å²) < 4.78 is 0. The molecule has 4 rings (SSSR count). The van der Waals surface area contributed by atoms with E-state index in [0.29, 0.717) is 13.1 Å². The third kappa shape index (κ3) is 7.32. The fourth-order valence-corrected chi connectivity index (χ4v) is 5.00. The first-order valence-corrected chi connectivity index (χ1v) is 12.9. The highest BCUT2D eigenvalue weighted by molar-refractivity contribution is 6.19. The number of aromatic nitrogens is 2. The number of nitrogens with zero attached hydrogens (tertiary/aromatic N) is 5. The highest BCUT2D eigenvalue weighted by Gasteiger charge is 2.45. The van der Waals surface area contributed by atoms with Gasteiger partial charge in [-0.3, -0.25) is 24.5 Å². The van der Waals surface area contributed by atoms with Gasteiger partial charge >= 0.3 is 0 Å². The number of fused-ring (bicyclic) bond motifs is 1. The lowest BCUT2D eigenvalue weighted by molar-refractivity contribution is -0.137. The van der Waals surface area contributed by atoms with Crippen LogP contribution in [0.5, 0.6) is 0 Å². The Morgan fingerprint density at radius 2 is 1.43 bits per heavy atom. The summed E-state index contributed by atoms with van der Waals surface area (Å²) in [6, 6.07) is 14.3. The smallest absolute Gasteiger partial charge is 0.242 e. The molecule has 0 bridgehead atoms. The molecule has 2 amide bonds. The molecule has 10 heteroatoms. The van der Waals surface area contributed by atoms with Crippen LogP contribution in [0.3, 0.4) is 0 Å². The Morgan fingerprint density at radius 3 is 2.00 bits per heavy atom. The van der Waals surface area contributed by atoms with E-state index in [-0.39, 0.29) is 49.0 Å². The summed E-state index contributed by atoms with van der Waals surface area (Å²) in [7, 11) is 1.76. The van der Waals surface area contributed by atoms with Crippen LogP contribution in [0, 0.1) is 19.3 Å². The Labute approximate surface area is 256 Å². The van der Waals surface area contributed by atoms with Crippen molar-refractivity contribution in [3.05, 3.63) is 82.9 Å². The quantitative estimate of drug-likeness (QED) is 0.295. The van der Waals surface area contributed by atoms with E-state index in [9.17, 15) is 9.59 Å². The van der Waals surface area contributed by atoms with Gasteiger partial charge in [-0.2, -0.15) is 0 Å². The van der Waals surface area contributed by atoms with Gasteiger partial charge < -0.3 is 9.80 Å². The average Bonchev–Trinajstić information content (AvgIpc) is 2.93. The van der Waals surface area contributed by atoms with Gasteiger partial charge in [-0.1, -0.05) is 18.2 Å². The number of hydrogen-bond acceptors (Lipinski definition) is 5. The number of hydrogen-bond donors (Lipinski definition) is 0. The lowest BCUT2D eigenvalue weighted by atomic mass is 9.90. The van der Waals surface area contributed by atoms with Crippen LogP contribution in [-0.4, -0.2) is 46.8 Å². The van der Waals surface area contributed by atoms with Crippen LogP contribution in [0.15, 0.2) is 54.9 Å². The monoisotopic (exact) mass is 607 g/mol. The van der Waals surface area contributed by atoms with Crippen LogP contribution in [0.25, 0.3) is 0 Å². The van der Waals surface area contributed by atoms with Gasteiger partial charge in [0.15, 0.2) is 0 Å². The second kappa shape index (κ2) is 14.8. The minimum absolute atomic E-state index is 0. The van der Waals surface area contributed by atoms with Crippen LogP contribution >= 0.6 is 37.2 Å². The van der Waals surface area contributed by atoms with Gasteiger partial charge in [0.1, 0.15) is 5.41 Å². The first-order chi connectivity index (χ1) is 17.6. The molecule has 0 saturated carbocycles. The number of halogens is 3. The second-order valence-corrected chi connectivity index (χ2v) is 10.3. The predicted octanol–water partition coefficient (Wildman–Crippen LogP) is 5.96. The number of amides is 2. The molecule has 40 heavy (non-hydrogen) atoms. The zero-order chi connectivity index (χ0) is 26.7. The molecule has 2 aromatic heterocycles. The van der Waals surface area contributed by atoms with Gasteiger partial charge in [0.05, 0.1) is 11.4 Å². The molecular formula is C30H40Cl3N5O2. The van der Waals surface area contributed by atoms with E-state index in [1.807, 2.05) is 51.4 Å². The van der Waals surface area contributed by atoms with Crippen molar-refractivity contribution in [1.29, 1.82) is 0 Å². The Kier molecular flexibility index (Phi) is 13.1. The molecule has 3 aromatic rings. The summed E-state index contributed by atoms with van der Waals surface area (Å²) in [5.74, 6) is -0.361. The zero-order valence-electron chi connectivity index (χ0n) is 24.0. The van der Waals surface area contributed by atoms with E-state index in [1.54, 1.807) is 30.7 Å². The first kappa shape index (κ1) is 35.3. The first-order valence-electron chi connectivity index (χ1n) is 12.9. The van der Waals surface area contributed by atoms with Crippen LogP contribution in [0.1, 0.15) is 48.8 Å². The summed E-state index contributed by atoms with van der Waals surface area (Å²) in [5, 5.41) is 0. The van der Waals surface area contributed by atoms with Crippen LogP contribution in [0.2, 0.25) is 0 Å². The maximum absolute atomic E-state index is 13.3. The molecule has 218 valence electrons. The van der Waals surface area contributed by atoms with Gasteiger partial charge in [0.25, 0.3) is 0 Å². The van der Waals surface area contributed by atoms with Gasteiger partial charge in [0, 0.05) is 57.0 Å². The Balaban J connectivity index is 0.00000267. The molecule has 1 aromatic carbocycles. The maximum Gasteiger partial charge on any atom is 0.242 e. The standard InChI is InChI=1S/C30H37N5O2.3ClH/c1-7-35-26-13-12-23(18-27(26)33(6)28(36)30(4,5)29(35)37)19-34(20-25-11-9-16-32-22(25)3)17-14-24-10-8-15-31-21(24)2;;;/h8-13,15-16,18H,7,14,17,19-20H2,1-6H3;3*1H. The van der Waals surface area contributed by atoms with Crippen molar-refractivity contribution in [2.24, 2.45) is 5.41 Å². The van der Waals surface area contributed by atoms with Crippen molar-refractivity contribution in [3.8, 4) is 0 Å². The Hall–Kier alpha value is -2.71. The van der Waals surface area contributed by atoms with Crippen molar-refractivity contribution < 1.29 is 9.59 Å². The molecule has 0 N–H and O–H groups in total. The van der Waals surface area contributed by atoms with Crippen LogP contribution in [-0.2, 0) is 29.1 Å². The molecule has 0 aliphatic carbocycles. The van der Waals surface area contributed by atoms with Crippen molar-refractivity contribution in [3.63, 3.8) is 0 Å². The fourth-order valence-electron chi connectivity index (χ4n) is 5.00. The fraction of sp³-hybridized carbons (Fsp3) is 0.400. The maximum atomic E-state index is 13.3. The molecule has 7 nitrogen and oxygen atoms in total. The van der Waals surface area contributed by atoms with Gasteiger partial charge in [-0.25, -0.2) is 0 Å². The van der Waals surface area contributed by atoms with Gasteiger partial charge in [0.2, 0.25) is 11.8 Å². The number of carbonyl (C=O) groups is 2. The summed E-state index contributed by atoms with van der Waals surface area (Å²) in [5.41, 5.74) is 6.02. The molecule has 3 heterocycles. The van der Waals surface area contributed by atoms with E-state index < -0.39 is 5.41 Å². The van der Waals surface area contributed by atoms with Crippen molar-refractivity contribution in [1.82, 2.24) is 14.9 Å². The molecule has 0 fully saturated rings. The number of anilines is 2. The summed E-state index contributed by atoms with van der Waals surface area (Å²) >= 11 is 0. The van der Waals surface area contributed by atoms with Gasteiger partial charge in [-0.05, 0) is 82.0 Å². The third-order valence-electron chi connectivity index (χ3n) is 7.36. The molecule has 1 aliphatic heterocycles. The molecule has 0 saturated heterocycles. The Bertz CT molecular complexity index is 1320. The topological polar surface area (TPSA) is 69.6 Å². The van der Waals surface area contributed by atoms with Crippen molar-refractivity contribution >= 4 is 60.4 Å². The summed E-state index contributed by atoms with van der Waals surface area (Å²) in [6.07, 6.45) is 4.53. The molecule has 1 aliphatic rings. The van der Waals surface area contributed by atoms with Crippen molar-refractivity contribution in [2.45, 2.75) is 54.1 Å². The largest absolute Gasteiger partial charge is 0.313 e. The number of aryl methyl sites for hydroxylation is 2. The predicted molar refractivity (Wildman–Crippen MR) is 169 cm³/mol. The zero-order valence-corrected chi connectivity index (χ0v) is 26.5. The van der Waals surface area contributed by atoms with E-state index in [1.165, 1.54) is 11.1 Å². The molecular weight excluding hydrogens is 569 g/mol. The lowest BCUT2D eigenvalue weighted by Gasteiger charge is -2.27. The van der Waals surface area contributed by atoms with E-state index in [4.69, 9.17) is 0 Å². The number of pyridine rings is 2. The van der Waals surface area contributed by atoms with Crippen molar-refractivity contribution in [2.75, 3.05) is 29.9 Å². The van der Waals surface area contributed by atoms with E-state index in [2.05, 4.69) is 39.1 Å². The Morgan fingerprint density at radius 1 is 0.825 bits per heavy atom. The number of benzene rings is 1. The third-order valence-corrected chi connectivity index (χ3v) is 7.36. The highest BCUT2D eigenvalue weighted by Crippen LogP contribution is 2.39. The van der Waals surface area contributed by atoms with Gasteiger partial charge in [-0.15, -0.1) is 37.2 Å². The number of rotatable bonds is 8. The molecule has 0 unspecified atom stereocenters. The van der Waals surface area contributed by atoms with E-state index in [0.717, 1.165) is 47.8 Å². The minimum atomic E-state index is -1.12. The highest BCUT2D eigenvalue weighted by atomic mass is 35.5. The average molecular weight is 609 g/mol.